The zero-order valence-electron chi connectivity index (χ0n) is 18.0. The van der Waals surface area contributed by atoms with Crippen molar-refractivity contribution < 1.29 is 9.13 Å². The second-order valence-corrected chi connectivity index (χ2v) is 8.19. The van der Waals surface area contributed by atoms with Crippen LogP contribution in [-0.4, -0.2) is 39.8 Å². The maximum absolute atomic E-state index is 13.9. The fourth-order valence-electron chi connectivity index (χ4n) is 4.46. The highest BCUT2D eigenvalue weighted by molar-refractivity contribution is 7.80. The summed E-state index contributed by atoms with van der Waals surface area (Å²) in [7, 11) is 1.71. The first kappa shape index (κ1) is 21.5. The van der Waals surface area contributed by atoms with Crippen molar-refractivity contribution in [1.29, 1.82) is 0 Å². The standard InChI is InChI=1S/C24H27FN4OS/c1-16-14-20(17(2)29(16)19-9-6-8-18(25)15-19)23-22(21-10-4-5-11-26-21)27-24(31)28(23)12-7-13-30-3/h4-6,8-11,14-15,22-23H,7,12-13H2,1-3H3,(H,27,31)/t22-,23-/m0/s1. The molecule has 4 rings (SSSR count). The molecule has 31 heavy (non-hydrogen) atoms. The van der Waals surface area contributed by atoms with Crippen molar-refractivity contribution in [2.45, 2.75) is 32.4 Å². The first-order chi connectivity index (χ1) is 15.0. The summed E-state index contributed by atoms with van der Waals surface area (Å²) in [5, 5.41) is 4.20. The molecule has 1 aromatic carbocycles. The van der Waals surface area contributed by atoms with E-state index in [0.29, 0.717) is 11.7 Å². The lowest BCUT2D eigenvalue weighted by Gasteiger charge is -2.28. The minimum Gasteiger partial charge on any atom is -0.385 e. The van der Waals surface area contributed by atoms with E-state index in [9.17, 15) is 4.39 Å². The fourth-order valence-corrected chi connectivity index (χ4v) is 4.80. The van der Waals surface area contributed by atoms with Crippen LogP contribution in [0.2, 0.25) is 0 Å². The monoisotopic (exact) mass is 438 g/mol. The molecule has 0 radical (unpaired) electrons. The van der Waals surface area contributed by atoms with E-state index < -0.39 is 0 Å². The Kier molecular flexibility index (Phi) is 6.34. The largest absolute Gasteiger partial charge is 0.385 e. The van der Waals surface area contributed by atoms with Gasteiger partial charge in [0.1, 0.15) is 5.82 Å². The fraction of sp³-hybridized carbons (Fsp3) is 0.333. The lowest BCUT2D eigenvalue weighted by Crippen LogP contribution is -2.31. The number of nitrogens with one attached hydrogen (secondary N) is 1. The molecule has 0 aliphatic carbocycles. The van der Waals surface area contributed by atoms with Gasteiger partial charge >= 0.3 is 0 Å². The van der Waals surface area contributed by atoms with Gasteiger partial charge in [0.25, 0.3) is 0 Å². The summed E-state index contributed by atoms with van der Waals surface area (Å²) in [6.45, 7) is 5.57. The van der Waals surface area contributed by atoms with E-state index in [0.717, 1.165) is 41.3 Å². The number of hydrogen-bond donors (Lipinski definition) is 1. The van der Waals surface area contributed by atoms with Gasteiger partial charge in [0.05, 0.1) is 17.8 Å². The van der Waals surface area contributed by atoms with E-state index in [4.69, 9.17) is 17.0 Å². The summed E-state index contributed by atoms with van der Waals surface area (Å²) in [5.41, 5.74) is 5.03. The van der Waals surface area contributed by atoms with Crippen LogP contribution in [0.25, 0.3) is 5.69 Å². The van der Waals surface area contributed by atoms with Crippen molar-refractivity contribution in [3.63, 3.8) is 0 Å². The van der Waals surface area contributed by atoms with Crippen LogP contribution in [0.5, 0.6) is 0 Å². The van der Waals surface area contributed by atoms with Crippen molar-refractivity contribution in [2.24, 2.45) is 0 Å². The minimum atomic E-state index is -0.247. The third kappa shape index (κ3) is 4.20. The second-order valence-electron chi connectivity index (χ2n) is 7.81. The first-order valence-corrected chi connectivity index (χ1v) is 10.8. The summed E-state index contributed by atoms with van der Waals surface area (Å²) in [4.78, 5) is 6.83. The van der Waals surface area contributed by atoms with Crippen LogP contribution in [0.3, 0.4) is 0 Å². The smallest absolute Gasteiger partial charge is 0.170 e. The van der Waals surface area contributed by atoms with Crippen molar-refractivity contribution in [3.05, 3.63) is 83.2 Å². The number of aryl methyl sites for hydroxylation is 1. The maximum atomic E-state index is 13.9. The summed E-state index contributed by atoms with van der Waals surface area (Å²) in [6.07, 6.45) is 2.67. The first-order valence-electron chi connectivity index (χ1n) is 10.4. The van der Waals surface area contributed by atoms with E-state index >= 15 is 0 Å². The normalized spacial score (nSPS) is 18.5. The quantitative estimate of drug-likeness (QED) is 0.430. The second kappa shape index (κ2) is 9.16. The third-order valence-corrected chi connectivity index (χ3v) is 6.15. The molecule has 0 amide bonds. The van der Waals surface area contributed by atoms with E-state index in [1.54, 1.807) is 25.4 Å². The van der Waals surface area contributed by atoms with E-state index in [2.05, 4.69) is 32.8 Å². The predicted molar refractivity (Wildman–Crippen MR) is 124 cm³/mol. The Balaban J connectivity index is 1.79. The molecule has 1 aliphatic rings. The number of ether oxygens (including phenoxy) is 1. The van der Waals surface area contributed by atoms with Gasteiger partial charge in [-0.15, -0.1) is 0 Å². The zero-order chi connectivity index (χ0) is 22.0. The van der Waals surface area contributed by atoms with Crippen LogP contribution in [0.15, 0.2) is 54.7 Å². The number of rotatable bonds is 7. The number of halogens is 1. The Bertz CT molecular complexity index is 1070. The van der Waals surface area contributed by atoms with Gasteiger partial charge < -0.3 is 19.5 Å². The summed E-state index contributed by atoms with van der Waals surface area (Å²) >= 11 is 5.73. The molecule has 3 heterocycles. The molecular formula is C24H27FN4OS. The highest BCUT2D eigenvalue weighted by Crippen LogP contribution is 2.41. The number of methoxy groups -OCH3 is 1. The minimum absolute atomic E-state index is 0.0206. The number of thiocarbonyl (C=S) groups is 1. The number of hydrogen-bond acceptors (Lipinski definition) is 3. The van der Waals surface area contributed by atoms with Crippen LogP contribution in [0, 0.1) is 19.7 Å². The van der Waals surface area contributed by atoms with Crippen LogP contribution in [-0.2, 0) is 4.74 Å². The Labute approximate surface area is 187 Å². The average molecular weight is 439 g/mol. The van der Waals surface area contributed by atoms with Gasteiger partial charge in [0, 0.05) is 43.5 Å². The number of pyridine rings is 1. The average Bonchev–Trinajstić information content (AvgIpc) is 3.24. The molecule has 2 atom stereocenters. The van der Waals surface area contributed by atoms with E-state index in [1.165, 1.54) is 6.07 Å². The SMILES string of the molecule is COCCCN1C(=S)N[C@@H](c2ccccn2)[C@@H]1c1cc(C)n(-c2cccc(F)c2)c1C. The molecule has 5 nitrogen and oxygen atoms in total. The van der Waals surface area contributed by atoms with Crippen LogP contribution < -0.4 is 5.32 Å². The lowest BCUT2D eigenvalue weighted by molar-refractivity contribution is 0.180. The van der Waals surface area contributed by atoms with Gasteiger partial charge in [-0.1, -0.05) is 12.1 Å². The van der Waals surface area contributed by atoms with Crippen LogP contribution >= 0.6 is 12.2 Å². The van der Waals surface area contributed by atoms with Gasteiger partial charge in [-0.3, -0.25) is 4.98 Å². The van der Waals surface area contributed by atoms with Gasteiger partial charge in [-0.2, -0.15) is 0 Å². The third-order valence-electron chi connectivity index (χ3n) is 5.80. The molecule has 1 aliphatic heterocycles. The Morgan fingerprint density at radius 2 is 2.00 bits per heavy atom. The van der Waals surface area contributed by atoms with Gasteiger partial charge in [-0.25, -0.2) is 4.39 Å². The van der Waals surface area contributed by atoms with Gasteiger partial charge in [0.15, 0.2) is 5.11 Å². The van der Waals surface area contributed by atoms with E-state index in [1.807, 2.05) is 31.2 Å². The topological polar surface area (TPSA) is 42.3 Å². The highest BCUT2D eigenvalue weighted by Gasteiger charge is 2.41. The molecule has 7 heteroatoms. The molecule has 1 fully saturated rings. The van der Waals surface area contributed by atoms with Gasteiger partial charge in [0.2, 0.25) is 0 Å². The molecule has 162 valence electrons. The molecule has 0 saturated carbocycles. The summed E-state index contributed by atoms with van der Waals surface area (Å²) in [6, 6.07) is 14.7. The molecule has 1 N–H and O–H groups in total. The van der Waals surface area contributed by atoms with Crippen LogP contribution in [0.1, 0.15) is 41.1 Å². The molecule has 3 aromatic rings. The molecule has 2 aromatic heterocycles. The van der Waals surface area contributed by atoms with Gasteiger partial charge in [-0.05, 0) is 74.4 Å². The number of aromatic nitrogens is 2. The molecule has 0 unspecified atom stereocenters. The molecule has 1 saturated heterocycles. The number of nitrogens with zero attached hydrogens (tertiary/aromatic N) is 3. The molecular weight excluding hydrogens is 411 g/mol. The summed E-state index contributed by atoms with van der Waals surface area (Å²) < 4.78 is 21.3. The van der Waals surface area contributed by atoms with Crippen molar-refractivity contribution >= 4 is 17.3 Å². The highest BCUT2D eigenvalue weighted by atomic mass is 32.1. The summed E-state index contributed by atoms with van der Waals surface area (Å²) in [5.74, 6) is -0.247. The van der Waals surface area contributed by atoms with Crippen molar-refractivity contribution in [2.75, 3.05) is 20.3 Å². The predicted octanol–water partition coefficient (Wildman–Crippen LogP) is 4.64. The Morgan fingerprint density at radius 1 is 1.16 bits per heavy atom. The zero-order valence-corrected chi connectivity index (χ0v) is 18.8. The maximum Gasteiger partial charge on any atom is 0.170 e. The molecule has 0 bridgehead atoms. The molecule has 0 spiro atoms. The Morgan fingerprint density at radius 3 is 2.71 bits per heavy atom. The van der Waals surface area contributed by atoms with Crippen molar-refractivity contribution in [1.82, 2.24) is 19.8 Å². The van der Waals surface area contributed by atoms with E-state index in [-0.39, 0.29) is 17.9 Å². The Hall–Kier alpha value is -2.77. The van der Waals surface area contributed by atoms with Crippen molar-refractivity contribution in [3.8, 4) is 5.69 Å². The number of benzene rings is 1. The van der Waals surface area contributed by atoms with Crippen LogP contribution in [0.4, 0.5) is 4.39 Å². The lowest BCUT2D eigenvalue weighted by atomic mass is 9.96.